The molecule has 7 heteroatoms. The average Bonchev–Trinajstić information content (AvgIpc) is 3.24. The van der Waals surface area contributed by atoms with E-state index >= 15 is 0 Å². The number of amides is 1. The van der Waals surface area contributed by atoms with Crippen LogP contribution in [0.25, 0.3) is 12.2 Å². The second kappa shape index (κ2) is 9.41. The van der Waals surface area contributed by atoms with Gasteiger partial charge in [-0.05, 0) is 30.7 Å². The number of carbonyl (C=O) groups is 1. The number of rotatable bonds is 7. The third kappa shape index (κ3) is 5.20. The first kappa shape index (κ1) is 19.2. The first-order valence-electron chi connectivity index (χ1n) is 8.58. The molecule has 0 spiro atoms. The van der Waals surface area contributed by atoms with E-state index in [9.17, 15) is 4.79 Å². The van der Waals surface area contributed by atoms with Crippen molar-refractivity contribution in [3.63, 3.8) is 0 Å². The molecule has 0 unspecified atom stereocenters. The van der Waals surface area contributed by atoms with Crippen molar-refractivity contribution in [2.75, 3.05) is 0 Å². The van der Waals surface area contributed by atoms with Gasteiger partial charge in [0, 0.05) is 18.5 Å². The number of hydrazone groups is 1. The van der Waals surface area contributed by atoms with E-state index in [4.69, 9.17) is 10.2 Å². The normalized spacial score (nSPS) is 13.7. The van der Waals surface area contributed by atoms with Crippen LogP contribution in [-0.2, 0) is 11.3 Å². The zero-order valence-electron chi connectivity index (χ0n) is 15.4. The summed E-state index contributed by atoms with van der Waals surface area (Å²) in [4.78, 5) is 15.2. The minimum Gasteiger partial charge on any atom is -0.446 e. The minimum absolute atomic E-state index is 0.0968. The van der Waals surface area contributed by atoms with Gasteiger partial charge in [0.15, 0.2) is 5.84 Å². The highest BCUT2D eigenvalue weighted by molar-refractivity contribution is 5.95. The Balaban J connectivity index is 2.23. The van der Waals surface area contributed by atoms with Crippen LogP contribution < -0.4 is 21.7 Å². The number of hydrogen-bond acceptors (Lipinski definition) is 4. The monoisotopic (exact) mass is 355 g/mol. The molecule has 7 nitrogen and oxygen atoms in total. The Morgan fingerprint density at radius 3 is 3.00 bits per heavy atom. The maximum Gasteiger partial charge on any atom is 0.237 e. The predicted molar refractivity (Wildman–Crippen MR) is 102 cm³/mol. The summed E-state index contributed by atoms with van der Waals surface area (Å²) < 4.78 is 7.55. The number of nitrogens with zero attached hydrogens (tertiary/aromatic N) is 3. The first-order chi connectivity index (χ1) is 12.5. The van der Waals surface area contributed by atoms with Gasteiger partial charge in [-0.3, -0.25) is 4.79 Å². The van der Waals surface area contributed by atoms with Crippen molar-refractivity contribution in [2.24, 2.45) is 10.8 Å². The number of allylic oxidation sites excluding steroid dienone is 2. The molecule has 2 heterocycles. The van der Waals surface area contributed by atoms with Crippen LogP contribution in [0.5, 0.6) is 0 Å². The van der Waals surface area contributed by atoms with Crippen LogP contribution in [0.2, 0.25) is 0 Å². The Kier molecular flexibility index (Phi) is 6.96. The molecular weight excluding hydrogens is 330 g/mol. The summed E-state index contributed by atoms with van der Waals surface area (Å²) in [6.07, 6.45) is 14.0. The second-order valence-corrected chi connectivity index (χ2v) is 5.75. The maximum atomic E-state index is 10.9. The number of hydrogen-bond donors (Lipinski definition) is 2. The number of nitrogens with two attached hydrogens (primary N) is 1. The van der Waals surface area contributed by atoms with Crippen LogP contribution in [0, 0.1) is 0 Å². The van der Waals surface area contributed by atoms with E-state index in [0.29, 0.717) is 18.1 Å². The molecule has 0 fully saturated rings. The van der Waals surface area contributed by atoms with Crippen molar-refractivity contribution in [3.05, 3.63) is 52.8 Å². The van der Waals surface area contributed by atoms with Gasteiger partial charge in [-0.15, -0.1) is 0 Å². The van der Waals surface area contributed by atoms with Gasteiger partial charge in [-0.2, -0.15) is 5.10 Å². The second-order valence-electron chi connectivity index (χ2n) is 5.75. The molecule has 3 N–H and O–H groups in total. The third-order valence-corrected chi connectivity index (χ3v) is 3.65. The van der Waals surface area contributed by atoms with Crippen LogP contribution >= 0.6 is 0 Å². The van der Waals surface area contributed by atoms with Crippen molar-refractivity contribution < 1.29 is 9.21 Å². The van der Waals surface area contributed by atoms with Gasteiger partial charge >= 0.3 is 0 Å². The van der Waals surface area contributed by atoms with Crippen molar-refractivity contribution in [1.29, 1.82) is 0 Å². The van der Waals surface area contributed by atoms with Crippen molar-refractivity contribution in [2.45, 2.75) is 40.2 Å². The minimum atomic E-state index is -0.302. The fourth-order valence-corrected chi connectivity index (χ4v) is 2.34. The summed E-state index contributed by atoms with van der Waals surface area (Å²) in [5.41, 5.74) is 8.45. The standard InChI is InChI=1S/C19H25N5O2/c1-4-6-7-8-9-17-15(5-2)10-11-24(17)12-18-21-16(13-26-18)19(20)23-22-14(3)25/h5,7-11,13H,4,6,12H2,1-3H3,(H2,20,23)(H,22,25)/b8-7-,15-5-,17-9+. The summed E-state index contributed by atoms with van der Waals surface area (Å²) in [6.45, 7) is 5.98. The number of nitrogens with one attached hydrogen (secondary N) is 1. The van der Waals surface area contributed by atoms with E-state index in [1.807, 2.05) is 13.1 Å². The fourth-order valence-electron chi connectivity index (χ4n) is 2.34. The van der Waals surface area contributed by atoms with Gasteiger partial charge in [-0.1, -0.05) is 31.6 Å². The van der Waals surface area contributed by atoms with Crippen LogP contribution in [0.1, 0.15) is 45.2 Å². The highest BCUT2D eigenvalue weighted by Crippen LogP contribution is 2.03. The lowest BCUT2D eigenvalue weighted by Gasteiger charge is -1.99. The van der Waals surface area contributed by atoms with E-state index in [1.54, 1.807) is 0 Å². The molecule has 2 aromatic heterocycles. The molecule has 0 aliphatic carbocycles. The van der Waals surface area contributed by atoms with E-state index < -0.39 is 0 Å². The van der Waals surface area contributed by atoms with Crippen LogP contribution in [0.15, 0.2) is 40.2 Å². The largest absolute Gasteiger partial charge is 0.446 e. The molecule has 0 atom stereocenters. The molecule has 0 aliphatic rings. The number of amidine groups is 1. The quantitative estimate of drug-likeness (QED) is 0.443. The van der Waals surface area contributed by atoms with Gasteiger partial charge in [-0.25, -0.2) is 10.4 Å². The maximum absolute atomic E-state index is 10.9. The number of oxazole rings is 1. The highest BCUT2D eigenvalue weighted by Gasteiger charge is 2.09. The van der Waals surface area contributed by atoms with E-state index in [2.05, 4.69) is 57.4 Å². The van der Waals surface area contributed by atoms with E-state index in [0.717, 1.165) is 23.4 Å². The first-order valence-corrected chi connectivity index (χ1v) is 8.58. The topological polar surface area (TPSA) is 98.4 Å². The van der Waals surface area contributed by atoms with Gasteiger partial charge in [0.05, 0.1) is 6.54 Å². The molecule has 0 saturated heterocycles. The van der Waals surface area contributed by atoms with Crippen molar-refractivity contribution >= 4 is 23.9 Å². The van der Waals surface area contributed by atoms with Crippen LogP contribution in [0.4, 0.5) is 0 Å². The summed E-state index contributed by atoms with van der Waals surface area (Å²) >= 11 is 0. The Morgan fingerprint density at radius 2 is 2.31 bits per heavy atom. The van der Waals surface area contributed by atoms with E-state index in [1.165, 1.54) is 13.2 Å². The molecule has 0 radical (unpaired) electrons. The molecule has 2 rings (SSSR count). The summed E-state index contributed by atoms with van der Waals surface area (Å²) in [7, 11) is 0. The van der Waals surface area contributed by atoms with Gasteiger partial charge in [0.2, 0.25) is 11.8 Å². The van der Waals surface area contributed by atoms with Gasteiger partial charge in [0.25, 0.3) is 0 Å². The van der Waals surface area contributed by atoms with Crippen LogP contribution in [0.3, 0.4) is 0 Å². The summed E-state index contributed by atoms with van der Waals surface area (Å²) in [5, 5.41) is 5.98. The molecule has 0 saturated carbocycles. The smallest absolute Gasteiger partial charge is 0.237 e. The average molecular weight is 355 g/mol. The van der Waals surface area contributed by atoms with Crippen LogP contribution in [-0.4, -0.2) is 21.3 Å². The summed E-state index contributed by atoms with van der Waals surface area (Å²) in [6, 6.07) is 2.05. The van der Waals surface area contributed by atoms with Gasteiger partial charge in [0.1, 0.15) is 12.0 Å². The molecule has 138 valence electrons. The molecule has 0 aliphatic heterocycles. The lowest BCUT2D eigenvalue weighted by molar-refractivity contribution is -0.118. The highest BCUT2D eigenvalue weighted by atomic mass is 16.3. The fraction of sp³-hybridized carbons (Fsp3) is 0.316. The number of unbranched alkanes of at least 4 members (excludes halogenated alkanes) is 1. The lowest BCUT2D eigenvalue weighted by Crippen LogP contribution is -2.29. The molecular formula is C19H25N5O2. The SMILES string of the molecule is C/C=c1/ccn(Cc2nc(/C(N)=N/NC(C)=O)co2)/c1=C/C=C\CCC. The van der Waals surface area contributed by atoms with E-state index in [-0.39, 0.29) is 11.7 Å². The van der Waals surface area contributed by atoms with Crippen molar-refractivity contribution in [1.82, 2.24) is 15.0 Å². The Labute approximate surface area is 152 Å². The molecule has 26 heavy (non-hydrogen) atoms. The summed E-state index contributed by atoms with van der Waals surface area (Å²) in [5.74, 6) is 0.301. The third-order valence-electron chi connectivity index (χ3n) is 3.65. The lowest BCUT2D eigenvalue weighted by atomic mass is 10.3. The molecule has 2 aromatic rings. The zero-order valence-corrected chi connectivity index (χ0v) is 15.4. The Hall–Kier alpha value is -3.09. The predicted octanol–water partition coefficient (Wildman–Crippen LogP) is 1.22. The number of carbonyl (C=O) groups excluding carboxylic acids is 1. The molecule has 0 bridgehead atoms. The molecule has 1 amide bonds. The Morgan fingerprint density at radius 1 is 1.50 bits per heavy atom. The van der Waals surface area contributed by atoms with Gasteiger partial charge < -0.3 is 14.7 Å². The number of aromatic nitrogens is 2. The van der Waals surface area contributed by atoms with Crippen molar-refractivity contribution in [3.8, 4) is 0 Å². The molecule has 0 aromatic carbocycles. The zero-order chi connectivity index (χ0) is 18.9. The Bertz CT molecular complexity index is 918.